The van der Waals surface area contributed by atoms with Gasteiger partial charge in [0.25, 0.3) is 0 Å². The first kappa shape index (κ1) is 15.3. The molecule has 5 heteroatoms. The highest BCUT2D eigenvalue weighted by Crippen LogP contribution is 2.36. The fourth-order valence-corrected chi connectivity index (χ4v) is 2.81. The molecule has 0 radical (unpaired) electrons. The second-order valence-corrected chi connectivity index (χ2v) is 5.64. The highest BCUT2D eigenvalue weighted by Gasteiger charge is 2.22. The molecule has 20 heavy (non-hydrogen) atoms. The average Bonchev–Trinajstić information content (AvgIpc) is 2.43. The summed E-state index contributed by atoms with van der Waals surface area (Å²) in [6, 6.07) is 7.68. The highest BCUT2D eigenvalue weighted by molar-refractivity contribution is 9.10. The van der Waals surface area contributed by atoms with E-state index in [0.29, 0.717) is 21.3 Å². The van der Waals surface area contributed by atoms with Crippen LogP contribution in [-0.4, -0.2) is 7.11 Å². The predicted molar refractivity (Wildman–Crippen MR) is 79.5 cm³/mol. The molecule has 0 aliphatic carbocycles. The van der Waals surface area contributed by atoms with Crippen LogP contribution in [-0.2, 0) is 0 Å². The first-order chi connectivity index (χ1) is 9.45. The molecule has 0 bridgehead atoms. The van der Waals surface area contributed by atoms with Crippen molar-refractivity contribution in [3.63, 3.8) is 0 Å². The number of halogens is 4. The van der Waals surface area contributed by atoms with E-state index in [4.69, 9.17) is 16.3 Å². The number of ether oxygens (including phenoxy) is 1. The third-order valence-electron chi connectivity index (χ3n) is 3.04. The van der Waals surface area contributed by atoms with E-state index < -0.39 is 17.0 Å². The fourth-order valence-electron chi connectivity index (χ4n) is 1.92. The smallest absolute Gasteiger partial charge is 0.134 e. The Hall–Kier alpha value is -1.13. The van der Waals surface area contributed by atoms with Crippen LogP contribution in [0.3, 0.4) is 0 Å². The minimum absolute atomic E-state index is 0.135. The summed E-state index contributed by atoms with van der Waals surface area (Å²) < 4.78 is 33.7. The minimum Gasteiger partial charge on any atom is -0.496 e. The molecule has 0 heterocycles. The molecule has 0 fully saturated rings. The summed E-state index contributed by atoms with van der Waals surface area (Å²) >= 11 is 9.57. The van der Waals surface area contributed by atoms with E-state index in [0.717, 1.165) is 0 Å². The predicted octanol–water partition coefficient (Wildman–Crippen LogP) is 5.37. The standard InChI is InChI=1S/C15H12BrClF2O/c1-8-3-5-11(18)13(15(8)19)14(17)9-4-6-12(20-2)10(16)7-9/h3-7,14H,1-2H3. The van der Waals surface area contributed by atoms with Crippen molar-refractivity contribution in [3.8, 4) is 5.75 Å². The van der Waals surface area contributed by atoms with Crippen molar-refractivity contribution in [2.45, 2.75) is 12.3 Å². The van der Waals surface area contributed by atoms with Gasteiger partial charge in [-0.15, -0.1) is 11.6 Å². The van der Waals surface area contributed by atoms with E-state index in [1.807, 2.05) is 0 Å². The Kier molecular flexibility index (Phi) is 4.66. The van der Waals surface area contributed by atoms with Gasteiger partial charge in [-0.05, 0) is 52.2 Å². The number of hydrogen-bond donors (Lipinski definition) is 0. The van der Waals surface area contributed by atoms with E-state index in [2.05, 4.69) is 15.9 Å². The normalized spacial score (nSPS) is 12.3. The van der Waals surface area contributed by atoms with Gasteiger partial charge in [0, 0.05) is 5.56 Å². The monoisotopic (exact) mass is 360 g/mol. The van der Waals surface area contributed by atoms with Gasteiger partial charge in [-0.25, -0.2) is 8.78 Å². The lowest BCUT2D eigenvalue weighted by Gasteiger charge is -2.15. The molecule has 2 rings (SSSR count). The molecule has 2 aromatic carbocycles. The van der Waals surface area contributed by atoms with Gasteiger partial charge in [0.05, 0.1) is 17.0 Å². The van der Waals surface area contributed by atoms with Gasteiger partial charge in [0.1, 0.15) is 17.4 Å². The first-order valence-corrected chi connectivity index (χ1v) is 7.10. The van der Waals surface area contributed by atoms with Crippen molar-refractivity contribution in [2.24, 2.45) is 0 Å². The van der Waals surface area contributed by atoms with Gasteiger partial charge >= 0.3 is 0 Å². The van der Waals surface area contributed by atoms with Crippen LogP contribution >= 0.6 is 27.5 Å². The van der Waals surface area contributed by atoms with Crippen LogP contribution in [0.5, 0.6) is 5.75 Å². The lowest BCUT2D eigenvalue weighted by molar-refractivity contribution is 0.412. The second kappa shape index (κ2) is 6.10. The Balaban J connectivity index is 2.49. The van der Waals surface area contributed by atoms with Gasteiger partial charge < -0.3 is 4.74 Å². The molecule has 0 amide bonds. The maximum absolute atomic E-state index is 14.1. The summed E-state index contributed by atoms with van der Waals surface area (Å²) in [7, 11) is 1.54. The fraction of sp³-hybridized carbons (Fsp3) is 0.200. The maximum Gasteiger partial charge on any atom is 0.134 e. The number of methoxy groups -OCH3 is 1. The molecule has 0 aromatic heterocycles. The number of hydrogen-bond acceptors (Lipinski definition) is 1. The molecule has 1 unspecified atom stereocenters. The van der Waals surface area contributed by atoms with Gasteiger partial charge in [-0.3, -0.25) is 0 Å². The molecule has 0 spiro atoms. The molecular weight excluding hydrogens is 350 g/mol. The van der Waals surface area contributed by atoms with Crippen molar-refractivity contribution >= 4 is 27.5 Å². The molecule has 0 saturated heterocycles. The Morgan fingerprint density at radius 3 is 2.50 bits per heavy atom. The number of rotatable bonds is 3. The van der Waals surface area contributed by atoms with Gasteiger partial charge in [-0.1, -0.05) is 12.1 Å². The molecule has 0 N–H and O–H groups in total. The Morgan fingerprint density at radius 2 is 1.90 bits per heavy atom. The quantitative estimate of drug-likeness (QED) is 0.668. The molecule has 106 valence electrons. The zero-order valence-corrected chi connectivity index (χ0v) is 13.2. The molecule has 0 aliphatic rings. The van der Waals surface area contributed by atoms with Gasteiger partial charge in [0.15, 0.2) is 0 Å². The lowest BCUT2D eigenvalue weighted by atomic mass is 10.0. The largest absolute Gasteiger partial charge is 0.496 e. The van der Waals surface area contributed by atoms with Gasteiger partial charge in [0.2, 0.25) is 0 Å². The average molecular weight is 362 g/mol. The third-order valence-corrected chi connectivity index (χ3v) is 4.13. The van der Waals surface area contributed by atoms with Crippen molar-refractivity contribution in [2.75, 3.05) is 7.11 Å². The van der Waals surface area contributed by atoms with Crippen LogP contribution in [0.2, 0.25) is 0 Å². The van der Waals surface area contributed by atoms with E-state index in [9.17, 15) is 8.78 Å². The number of alkyl halides is 1. The summed E-state index contributed by atoms with van der Waals surface area (Å²) in [5, 5.41) is -0.905. The molecule has 2 aromatic rings. The van der Waals surface area contributed by atoms with Crippen LogP contribution in [0.15, 0.2) is 34.8 Å². The summed E-state index contributed by atoms with van der Waals surface area (Å²) in [6.07, 6.45) is 0. The number of aryl methyl sites for hydroxylation is 1. The minimum atomic E-state index is -0.905. The summed E-state index contributed by atoms with van der Waals surface area (Å²) in [5.41, 5.74) is 0.811. The van der Waals surface area contributed by atoms with E-state index in [1.54, 1.807) is 25.1 Å². The second-order valence-electron chi connectivity index (χ2n) is 4.35. The summed E-state index contributed by atoms with van der Waals surface area (Å²) in [5.74, 6) is -0.639. The zero-order chi connectivity index (χ0) is 14.9. The molecule has 0 saturated carbocycles. The topological polar surface area (TPSA) is 9.23 Å². The molecule has 1 nitrogen and oxygen atoms in total. The van der Waals surface area contributed by atoms with Crippen LogP contribution in [0, 0.1) is 18.6 Å². The SMILES string of the molecule is COc1ccc(C(Cl)c2c(F)ccc(C)c2F)cc1Br. The molecule has 0 aliphatic heterocycles. The molecule has 1 atom stereocenters. The van der Waals surface area contributed by atoms with E-state index in [-0.39, 0.29) is 5.56 Å². The van der Waals surface area contributed by atoms with Crippen molar-refractivity contribution in [1.29, 1.82) is 0 Å². The van der Waals surface area contributed by atoms with Crippen molar-refractivity contribution in [3.05, 3.63) is 63.1 Å². The highest BCUT2D eigenvalue weighted by atomic mass is 79.9. The summed E-state index contributed by atoms with van der Waals surface area (Å²) in [4.78, 5) is 0. The van der Waals surface area contributed by atoms with Crippen LogP contribution in [0.25, 0.3) is 0 Å². The van der Waals surface area contributed by atoms with Crippen molar-refractivity contribution < 1.29 is 13.5 Å². The molecular formula is C15H12BrClF2O. The zero-order valence-electron chi connectivity index (χ0n) is 10.9. The summed E-state index contributed by atoms with van der Waals surface area (Å²) in [6.45, 7) is 1.58. The van der Waals surface area contributed by atoms with Gasteiger partial charge in [-0.2, -0.15) is 0 Å². The maximum atomic E-state index is 14.1. The third kappa shape index (κ3) is 2.81. The van der Waals surface area contributed by atoms with Crippen molar-refractivity contribution in [1.82, 2.24) is 0 Å². The Morgan fingerprint density at radius 1 is 1.20 bits per heavy atom. The first-order valence-electron chi connectivity index (χ1n) is 5.87. The van der Waals surface area contributed by atoms with Crippen LogP contribution in [0.4, 0.5) is 8.78 Å². The Bertz CT molecular complexity index is 646. The Labute approximate surface area is 129 Å². The van der Waals surface area contributed by atoms with E-state index in [1.165, 1.54) is 19.2 Å². The van der Waals surface area contributed by atoms with Crippen LogP contribution in [0.1, 0.15) is 22.1 Å². The lowest BCUT2D eigenvalue weighted by Crippen LogP contribution is -2.03. The van der Waals surface area contributed by atoms with Crippen LogP contribution < -0.4 is 4.74 Å². The van der Waals surface area contributed by atoms with E-state index >= 15 is 0 Å². The number of benzene rings is 2.